The molecule has 1 unspecified atom stereocenters. The summed E-state index contributed by atoms with van der Waals surface area (Å²) >= 11 is 6.34. The lowest BCUT2D eigenvalue weighted by Crippen LogP contribution is -2.50. The third kappa shape index (κ3) is 2.31. The van der Waals surface area contributed by atoms with Crippen molar-refractivity contribution in [3.63, 3.8) is 0 Å². The number of anilines is 3. The van der Waals surface area contributed by atoms with Crippen LogP contribution in [0, 0.1) is 0 Å². The van der Waals surface area contributed by atoms with Crippen LogP contribution in [0.1, 0.15) is 16.7 Å². The van der Waals surface area contributed by atoms with Crippen LogP contribution in [0.15, 0.2) is 39.9 Å². The summed E-state index contributed by atoms with van der Waals surface area (Å²) in [5.74, 6) is 0.606. The monoisotopic (exact) mass is 454 g/mol. The van der Waals surface area contributed by atoms with Gasteiger partial charge in [0.1, 0.15) is 22.7 Å². The molecule has 1 aromatic heterocycles. The molecule has 0 aliphatic carbocycles. The average Bonchev–Trinajstić information content (AvgIpc) is 3.08. The van der Waals surface area contributed by atoms with Gasteiger partial charge in [-0.1, -0.05) is 11.6 Å². The molecule has 10 heteroatoms. The second-order valence-corrected chi connectivity index (χ2v) is 8.14. The molecule has 1 atom stereocenters. The number of benzene rings is 2. The second kappa shape index (κ2) is 6.64. The Morgan fingerprint density at radius 2 is 1.66 bits per heavy atom. The van der Waals surface area contributed by atoms with Crippen LogP contribution in [0.4, 0.5) is 17.2 Å². The molecule has 1 amide bonds. The topological polar surface area (TPSA) is 104 Å². The Hall–Kier alpha value is -3.72. The number of carbonyl (C=O) groups is 1. The van der Waals surface area contributed by atoms with E-state index in [-0.39, 0.29) is 11.4 Å². The molecule has 0 saturated carbocycles. The lowest BCUT2D eigenvalue weighted by Gasteiger charge is -2.37. The molecule has 2 aliphatic heterocycles. The first-order valence-corrected chi connectivity index (χ1v) is 10.1. The Kier molecular flexibility index (Phi) is 4.19. The van der Waals surface area contributed by atoms with Gasteiger partial charge in [-0.15, -0.1) is 0 Å². The standard InChI is InChI=1S/C22H19ClN4O5/c1-26-18-17(19(28)27(2)21(26)30)22(12-7-10(23)5-6-13(12)24-18)16-14(25-20(22)29)8-11(31-3)9-15(16)32-4/h5-9,24H,1-4H3,(H,25,29). The smallest absolute Gasteiger partial charge is 0.332 e. The van der Waals surface area contributed by atoms with Crippen LogP contribution in [0.3, 0.4) is 0 Å². The van der Waals surface area contributed by atoms with Gasteiger partial charge in [0.25, 0.3) is 5.56 Å². The molecular weight excluding hydrogens is 436 g/mol. The van der Waals surface area contributed by atoms with Gasteiger partial charge in [0.2, 0.25) is 5.91 Å². The number of rotatable bonds is 2. The summed E-state index contributed by atoms with van der Waals surface area (Å²) in [5, 5.41) is 6.43. The maximum atomic E-state index is 13.9. The SMILES string of the molecule is COc1cc2c(c(OC)c1)C1(C(=O)N2)c2cc(Cl)ccc2Nc2c1c(=O)n(C)c(=O)n2C. The molecule has 0 radical (unpaired) electrons. The molecule has 2 aromatic carbocycles. The highest BCUT2D eigenvalue weighted by Crippen LogP contribution is 2.57. The number of ether oxygens (including phenoxy) is 2. The summed E-state index contributed by atoms with van der Waals surface area (Å²) in [6.45, 7) is 0. The summed E-state index contributed by atoms with van der Waals surface area (Å²) in [6.07, 6.45) is 0. The largest absolute Gasteiger partial charge is 0.497 e. The molecule has 0 fully saturated rings. The molecule has 164 valence electrons. The summed E-state index contributed by atoms with van der Waals surface area (Å²) < 4.78 is 13.3. The van der Waals surface area contributed by atoms with Gasteiger partial charge in [-0.25, -0.2) is 4.79 Å². The van der Waals surface area contributed by atoms with E-state index in [1.54, 1.807) is 37.4 Å². The van der Waals surface area contributed by atoms with E-state index >= 15 is 0 Å². The van der Waals surface area contributed by atoms with Crippen molar-refractivity contribution in [1.29, 1.82) is 0 Å². The first-order chi connectivity index (χ1) is 15.2. The fourth-order valence-electron chi connectivity index (χ4n) is 4.71. The highest BCUT2D eigenvalue weighted by atomic mass is 35.5. The van der Waals surface area contributed by atoms with Crippen molar-refractivity contribution in [1.82, 2.24) is 9.13 Å². The number of amides is 1. The Morgan fingerprint density at radius 1 is 0.906 bits per heavy atom. The van der Waals surface area contributed by atoms with Gasteiger partial charge in [-0.3, -0.25) is 18.7 Å². The third-order valence-electron chi connectivity index (χ3n) is 6.17. The Labute approximate surface area is 187 Å². The minimum absolute atomic E-state index is 0.108. The molecule has 1 spiro atoms. The van der Waals surface area contributed by atoms with Crippen LogP contribution in [-0.4, -0.2) is 29.3 Å². The predicted octanol–water partition coefficient (Wildman–Crippen LogP) is 2.10. The lowest BCUT2D eigenvalue weighted by molar-refractivity contribution is -0.118. The first kappa shape index (κ1) is 20.2. The van der Waals surface area contributed by atoms with E-state index in [1.165, 1.54) is 25.8 Å². The van der Waals surface area contributed by atoms with Crippen LogP contribution in [0.2, 0.25) is 5.02 Å². The molecule has 2 N–H and O–H groups in total. The summed E-state index contributed by atoms with van der Waals surface area (Å²) in [4.78, 5) is 40.1. The van der Waals surface area contributed by atoms with Crippen LogP contribution >= 0.6 is 11.6 Å². The van der Waals surface area contributed by atoms with E-state index in [2.05, 4.69) is 10.6 Å². The van der Waals surface area contributed by atoms with Crippen LogP contribution < -0.4 is 31.4 Å². The Balaban J connectivity index is 2.05. The quantitative estimate of drug-likeness (QED) is 0.614. The number of hydrogen-bond acceptors (Lipinski definition) is 6. The van der Waals surface area contributed by atoms with Crippen LogP contribution in [0.25, 0.3) is 0 Å². The van der Waals surface area contributed by atoms with Gasteiger partial charge in [0, 0.05) is 48.1 Å². The highest BCUT2D eigenvalue weighted by Gasteiger charge is 2.58. The molecule has 0 bridgehead atoms. The van der Waals surface area contributed by atoms with Crippen molar-refractivity contribution in [3.05, 3.63) is 72.9 Å². The fraction of sp³-hybridized carbons (Fsp3) is 0.227. The molecule has 2 aliphatic rings. The number of hydrogen-bond donors (Lipinski definition) is 2. The maximum absolute atomic E-state index is 13.9. The minimum atomic E-state index is -1.60. The predicted molar refractivity (Wildman–Crippen MR) is 120 cm³/mol. The molecule has 0 saturated heterocycles. The highest BCUT2D eigenvalue weighted by molar-refractivity contribution is 6.31. The van der Waals surface area contributed by atoms with Gasteiger partial charge in [-0.05, 0) is 18.2 Å². The molecule has 9 nitrogen and oxygen atoms in total. The van der Waals surface area contributed by atoms with Gasteiger partial charge in [0.05, 0.1) is 25.5 Å². The number of carbonyl (C=O) groups excluding carboxylic acids is 1. The molecular formula is C22H19ClN4O5. The van der Waals surface area contributed by atoms with E-state index in [1.807, 2.05) is 0 Å². The third-order valence-corrected chi connectivity index (χ3v) is 6.41. The van der Waals surface area contributed by atoms with E-state index in [0.29, 0.717) is 39.0 Å². The van der Waals surface area contributed by atoms with Crippen LogP contribution in [0.5, 0.6) is 11.5 Å². The van der Waals surface area contributed by atoms with E-state index < -0.39 is 22.6 Å². The number of nitrogens with zero attached hydrogens (tertiary/aromatic N) is 2. The maximum Gasteiger partial charge on any atom is 0.332 e. The van der Waals surface area contributed by atoms with Gasteiger partial charge in [0.15, 0.2) is 0 Å². The summed E-state index contributed by atoms with van der Waals surface area (Å²) in [5.41, 5.74) is -0.686. The Bertz CT molecular complexity index is 1460. The zero-order valence-electron chi connectivity index (χ0n) is 17.7. The van der Waals surface area contributed by atoms with E-state index in [4.69, 9.17) is 21.1 Å². The zero-order chi connectivity index (χ0) is 22.9. The molecule has 32 heavy (non-hydrogen) atoms. The first-order valence-electron chi connectivity index (χ1n) is 9.71. The summed E-state index contributed by atoms with van der Waals surface area (Å²) in [7, 11) is 5.91. The van der Waals surface area contributed by atoms with Gasteiger partial charge >= 0.3 is 5.69 Å². The number of fused-ring (bicyclic) bond motifs is 6. The number of nitrogens with one attached hydrogen (secondary N) is 2. The van der Waals surface area contributed by atoms with Gasteiger partial charge < -0.3 is 20.1 Å². The van der Waals surface area contributed by atoms with Crippen molar-refractivity contribution in [2.75, 3.05) is 24.9 Å². The normalized spacial score (nSPS) is 17.8. The van der Waals surface area contributed by atoms with Crippen molar-refractivity contribution in [2.24, 2.45) is 14.1 Å². The number of methoxy groups -OCH3 is 2. The van der Waals surface area contributed by atoms with Crippen molar-refractivity contribution in [3.8, 4) is 11.5 Å². The molecule has 3 heterocycles. The lowest BCUT2D eigenvalue weighted by atomic mass is 9.68. The second-order valence-electron chi connectivity index (χ2n) is 7.70. The zero-order valence-corrected chi connectivity index (χ0v) is 18.5. The number of halogens is 1. The molecule has 5 rings (SSSR count). The van der Waals surface area contributed by atoms with Crippen molar-refractivity contribution >= 4 is 34.7 Å². The van der Waals surface area contributed by atoms with Crippen LogP contribution in [-0.2, 0) is 24.3 Å². The Morgan fingerprint density at radius 3 is 2.34 bits per heavy atom. The van der Waals surface area contributed by atoms with Crippen molar-refractivity contribution < 1.29 is 14.3 Å². The summed E-state index contributed by atoms with van der Waals surface area (Å²) in [6, 6.07) is 8.35. The fourth-order valence-corrected chi connectivity index (χ4v) is 4.88. The van der Waals surface area contributed by atoms with Crippen molar-refractivity contribution in [2.45, 2.75) is 5.41 Å². The van der Waals surface area contributed by atoms with E-state index in [0.717, 1.165) is 4.57 Å². The average molecular weight is 455 g/mol. The molecule has 3 aromatic rings. The number of aromatic nitrogens is 2. The van der Waals surface area contributed by atoms with E-state index in [9.17, 15) is 14.4 Å². The van der Waals surface area contributed by atoms with Gasteiger partial charge in [-0.2, -0.15) is 0 Å². The minimum Gasteiger partial charge on any atom is -0.497 e.